The lowest BCUT2D eigenvalue weighted by molar-refractivity contribution is 0.0278. The van der Waals surface area contributed by atoms with Crippen molar-refractivity contribution < 1.29 is 23.8 Å². The van der Waals surface area contributed by atoms with E-state index in [1.165, 1.54) is 11.0 Å². The summed E-state index contributed by atoms with van der Waals surface area (Å²) in [5, 5.41) is 9.83. The van der Waals surface area contributed by atoms with Gasteiger partial charge in [-0.05, 0) is 52.3 Å². The molecule has 6 nitrogen and oxygen atoms in total. The fourth-order valence-corrected chi connectivity index (χ4v) is 3.21. The van der Waals surface area contributed by atoms with Gasteiger partial charge in [-0.25, -0.2) is 9.18 Å². The molecule has 7 heteroatoms. The number of hydrogen-bond acceptors (Lipinski definition) is 5. The molecule has 1 aromatic rings. The first-order chi connectivity index (χ1) is 13.5. The predicted octanol–water partition coefficient (Wildman–Crippen LogP) is 3.79. The van der Waals surface area contributed by atoms with Crippen molar-refractivity contribution in [2.75, 3.05) is 19.7 Å². The van der Waals surface area contributed by atoms with Crippen LogP contribution in [0, 0.1) is 11.7 Å². The minimum atomic E-state index is -1.20. The van der Waals surface area contributed by atoms with Crippen LogP contribution in [0.25, 0.3) is 0 Å². The van der Waals surface area contributed by atoms with Crippen molar-refractivity contribution in [2.45, 2.75) is 72.3 Å². The molecule has 1 saturated heterocycles. The summed E-state index contributed by atoms with van der Waals surface area (Å²) in [6, 6.07) is 4.67. The lowest BCUT2D eigenvalue weighted by atomic mass is 9.81. The molecule has 2 atom stereocenters. The minimum Gasteiger partial charge on any atom is -0.444 e. The number of halogens is 1. The summed E-state index contributed by atoms with van der Waals surface area (Å²) >= 11 is 0. The van der Waals surface area contributed by atoms with Crippen LogP contribution in [0.2, 0.25) is 0 Å². The van der Waals surface area contributed by atoms with Crippen LogP contribution in [-0.4, -0.2) is 47.5 Å². The Morgan fingerprint density at radius 1 is 1.38 bits per heavy atom. The molecule has 0 aromatic heterocycles. The number of hydrogen-bond donors (Lipinski definition) is 2. The number of ether oxygens (including phenoxy) is 2. The SMILES string of the molecule is CC.CC(C)OCc1ccc(F)c([C@]2(N)CN(C(=O)OC(C)(C)C)CC2CO)c1. The average molecular weight is 413 g/mol. The van der Waals surface area contributed by atoms with Crippen molar-refractivity contribution in [3.8, 4) is 0 Å². The molecule has 3 N–H and O–H groups in total. The lowest BCUT2D eigenvalue weighted by Gasteiger charge is -2.31. The van der Waals surface area contributed by atoms with Crippen LogP contribution in [0.1, 0.15) is 59.6 Å². The van der Waals surface area contributed by atoms with E-state index in [4.69, 9.17) is 15.2 Å². The smallest absolute Gasteiger partial charge is 0.410 e. The first kappa shape index (κ1) is 25.3. The Labute approximate surface area is 174 Å². The van der Waals surface area contributed by atoms with Gasteiger partial charge in [-0.3, -0.25) is 0 Å². The van der Waals surface area contributed by atoms with Crippen LogP contribution in [0.15, 0.2) is 18.2 Å². The standard InChI is InChI=1S/C20H31FN2O4.C2H6/c1-13(2)26-11-14-6-7-17(21)16(8-14)20(22)12-23(9-15(20)10-24)18(25)27-19(3,4)5;1-2/h6-8,13,15,24H,9-12,22H2,1-5H3;1-2H3/t15?,20-;/m0./s1. The fraction of sp³-hybridized carbons (Fsp3) is 0.682. The molecule has 1 fully saturated rings. The molecule has 1 unspecified atom stereocenters. The van der Waals surface area contributed by atoms with E-state index in [-0.39, 0.29) is 31.4 Å². The van der Waals surface area contributed by atoms with E-state index in [0.717, 1.165) is 5.56 Å². The van der Waals surface area contributed by atoms with Crippen LogP contribution >= 0.6 is 0 Å². The Bertz CT molecular complexity index is 675. The summed E-state index contributed by atoms with van der Waals surface area (Å²) in [5.41, 5.74) is 5.77. The van der Waals surface area contributed by atoms with Crippen molar-refractivity contribution in [1.82, 2.24) is 4.90 Å². The topological polar surface area (TPSA) is 85.0 Å². The third-order valence-corrected chi connectivity index (χ3v) is 4.61. The largest absolute Gasteiger partial charge is 0.444 e. The van der Waals surface area contributed by atoms with Crippen LogP contribution < -0.4 is 5.73 Å². The maximum absolute atomic E-state index is 14.6. The Hall–Kier alpha value is -1.70. The molecular weight excluding hydrogens is 375 g/mol. The highest BCUT2D eigenvalue weighted by molar-refractivity contribution is 5.69. The van der Waals surface area contributed by atoms with Crippen molar-refractivity contribution in [3.05, 3.63) is 35.1 Å². The summed E-state index contributed by atoms with van der Waals surface area (Å²) in [5.74, 6) is -0.962. The molecule has 1 aliphatic heterocycles. The molecule has 0 bridgehead atoms. The van der Waals surface area contributed by atoms with Gasteiger partial charge in [0, 0.05) is 31.2 Å². The number of likely N-dealkylation sites (tertiary alicyclic amines) is 1. The van der Waals surface area contributed by atoms with Crippen molar-refractivity contribution >= 4 is 6.09 Å². The average Bonchev–Trinajstić information content (AvgIpc) is 2.99. The zero-order valence-electron chi connectivity index (χ0n) is 18.8. The second kappa shape index (κ2) is 10.4. The molecule has 29 heavy (non-hydrogen) atoms. The number of benzene rings is 1. The van der Waals surface area contributed by atoms with E-state index in [0.29, 0.717) is 6.61 Å². The molecule has 0 aliphatic carbocycles. The predicted molar refractivity (Wildman–Crippen MR) is 112 cm³/mol. The Morgan fingerprint density at radius 3 is 2.52 bits per heavy atom. The number of nitrogens with two attached hydrogens (primary N) is 1. The third-order valence-electron chi connectivity index (χ3n) is 4.61. The lowest BCUT2D eigenvalue weighted by Crippen LogP contribution is -2.47. The first-order valence-corrected chi connectivity index (χ1v) is 10.2. The Morgan fingerprint density at radius 2 is 2.00 bits per heavy atom. The first-order valence-electron chi connectivity index (χ1n) is 10.2. The number of amides is 1. The van der Waals surface area contributed by atoms with Crippen LogP contribution in [-0.2, 0) is 21.6 Å². The normalized spacial score (nSPS) is 21.8. The zero-order chi connectivity index (χ0) is 22.4. The third kappa shape index (κ3) is 6.66. The highest BCUT2D eigenvalue weighted by Gasteiger charge is 2.48. The van der Waals surface area contributed by atoms with E-state index in [9.17, 15) is 14.3 Å². The second-order valence-electron chi connectivity index (χ2n) is 8.45. The van der Waals surface area contributed by atoms with Gasteiger partial charge in [-0.2, -0.15) is 0 Å². The maximum Gasteiger partial charge on any atom is 0.410 e. The zero-order valence-corrected chi connectivity index (χ0v) is 18.8. The monoisotopic (exact) mass is 412 g/mol. The molecule has 1 heterocycles. The van der Waals surface area contributed by atoms with Crippen molar-refractivity contribution in [1.29, 1.82) is 0 Å². The van der Waals surface area contributed by atoms with Crippen LogP contribution in [0.3, 0.4) is 0 Å². The molecule has 2 rings (SSSR count). The van der Waals surface area contributed by atoms with E-state index in [2.05, 4.69) is 0 Å². The summed E-state index contributed by atoms with van der Waals surface area (Å²) in [6.07, 6.45) is -0.474. The molecule has 0 spiro atoms. The number of rotatable bonds is 5. The Kier molecular flexibility index (Phi) is 9.06. The van der Waals surface area contributed by atoms with E-state index >= 15 is 0 Å². The van der Waals surface area contributed by atoms with Crippen LogP contribution in [0.5, 0.6) is 0 Å². The summed E-state index contributed by atoms with van der Waals surface area (Å²) in [6.45, 7) is 13.5. The maximum atomic E-state index is 14.6. The van der Waals surface area contributed by atoms with Gasteiger partial charge in [-0.15, -0.1) is 0 Å². The molecule has 1 aliphatic rings. The molecular formula is C22H37FN2O4. The Balaban J connectivity index is 0.00000204. The van der Waals surface area contributed by atoms with Gasteiger partial charge >= 0.3 is 6.09 Å². The van der Waals surface area contributed by atoms with Gasteiger partial charge in [0.1, 0.15) is 11.4 Å². The number of carbonyl (C=O) groups excluding carboxylic acids is 1. The summed E-state index contributed by atoms with van der Waals surface area (Å²) < 4.78 is 25.6. The van der Waals surface area contributed by atoms with Gasteiger partial charge in [0.05, 0.1) is 18.2 Å². The van der Waals surface area contributed by atoms with Gasteiger partial charge < -0.3 is 25.2 Å². The van der Waals surface area contributed by atoms with Crippen molar-refractivity contribution in [2.24, 2.45) is 11.7 Å². The highest BCUT2D eigenvalue weighted by atomic mass is 19.1. The van der Waals surface area contributed by atoms with Crippen molar-refractivity contribution in [3.63, 3.8) is 0 Å². The molecule has 166 valence electrons. The van der Waals surface area contributed by atoms with Gasteiger partial charge in [0.25, 0.3) is 0 Å². The quantitative estimate of drug-likeness (QED) is 0.769. The molecule has 0 saturated carbocycles. The minimum absolute atomic E-state index is 0.0460. The van der Waals surface area contributed by atoms with Crippen LogP contribution in [0.4, 0.5) is 9.18 Å². The molecule has 0 radical (unpaired) electrons. The highest BCUT2D eigenvalue weighted by Crippen LogP contribution is 2.37. The molecule has 1 amide bonds. The number of nitrogens with zero attached hydrogens (tertiary/aromatic N) is 1. The summed E-state index contributed by atoms with van der Waals surface area (Å²) in [4.78, 5) is 13.9. The number of aliphatic hydroxyl groups excluding tert-OH is 1. The van der Waals surface area contributed by atoms with E-state index < -0.39 is 29.0 Å². The fourth-order valence-electron chi connectivity index (χ4n) is 3.21. The van der Waals surface area contributed by atoms with Gasteiger partial charge in [0.2, 0.25) is 0 Å². The number of aliphatic hydroxyl groups is 1. The number of carbonyl (C=O) groups is 1. The van der Waals surface area contributed by atoms with E-state index in [1.807, 2.05) is 27.7 Å². The van der Waals surface area contributed by atoms with Gasteiger partial charge in [-0.1, -0.05) is 19.9 Å². The second-order valence-corrected chi connectivity index (χ2v) is 8.45. The molecule has 1 aromatic carbocycles. The van der Waals surface area contributed by atoms with Gasteiger partial charge in [0.15, 0.2) is 0 Å². The van der Waals surface area contributed by atoms with E-state index in [1.54, 1.807) is 32.9 Å². The summed E-state index contributed by atoms with van der Waals surface area (Å²) in [7, 11) is 0.